The molecular formula is C19H22ClNO5. The fourth-order valence-corrected chi connectivity index (χ4v) is 2.73. The van der Waals surface area contributed by atoms with Gasteiger partial charge in [0.25, 0.3) is 0 Å². The predicted molar refractivity (Wildman–Crippen MR) is 98.8 cm³/mol. The van der Waals surface area contributed by atoms with Crippen LogP contribution in [0.4, 0.5) is 0 Å². The van der Waals surface area contributed by atoms with Gasteiger partial charge in [0.1, 0.15) is 11.5 Å². The van der Waals surface area contributed by atoms with Crippen LogP contribution in [0.2, 0.25) is 5.02 Å². The van der Waals surface area contributed by atoms with Crippen molar-refractivity contribution in [3.05, 3.63) is 58.6 Å². The maximum absolute atomic E-state index is 10.5. The molecule has 0 aromatic heterocycles. The standard InChI is InChI=1S/C19H22ClNO5/c1-12(19(25)14-3-5-15(22)6-4-14)21-9-8-13-2-7-17(16(20)10-13)26-11-18(23)24/h2-7,10,12,19,21-22,25H,8-9,11H2,1H3,(H,23,24)/t12-,19-/m0/s1. The number of aliphatic carboxylic acids is 1. The highest BCUT2D eigenvalue weighted by molar-refractivity contribution is 6.32. The van der Waals surface area contributed by atoms with Gasteiger partial charge in [0, 0.05) is 6.04 Å². The number of ether oxygens (including phenoxy) is 1. The van der Waals surface area contributed by atoms with Crippen LogP contribution in [-0.4, -0.2) is 40.5 Å². The van der Waals surface area contributed by atoms with Gasteiger partial charge in [-0.15, -0.1) is 0 Å². The monoisotopic (exact) mass is 379 g/mol. The Morgan fingerprint density at radius 3 is 2.54 bits per heavy atom. The van der Waals surface area contributed by atoms with E-state index in [-0.39, 0.29) is 11.8 Å². The first-order chi connectivity index (χ1) is 12.4. The van der Waals surface area contributed by atoms with Crippen LogP contribution >= 0.6 is 11.6 Å². The van der Waals surface area contributed by atoms with Gasteiger partial charge in [-0.3, -0.25) is 0 Å². The summed E-state index contributed by atoms with van der Waals surface area (Å²) in [7, 11) is 0. The number of nitrogens with one attached hydrogen (secondary N) is 1. The van der Waals surface area contributed by atoms with E-state index in [1.54, 1.807) is 36.4 Å². The predicted octanol–water partition coefficient (Wildman–Crippen LogP) is 2.76. The number of hydrogen-bond donors (Lipinski definition) is 4. The second-order valence-corrected chi connectivity index (χ2v) is 6.38. The Morgan fingerprint density at radius 2 is 1.92 bits per heavy atom. The molecule has 0 saturated carbocycles. The zero-order chi connectivity index (χ0) is 19.1. The maximum atomic E-state index is 10.5. The summed E-state index contributed by atoms with van der Waals surface area (Å²) in [6.07, 6.45) is -0.00283. The minimum atomic E-state index is -1.06. The minimum absolute atomic E-state index is 0.161. The van der Waals surface area contributed by atoms with Crippen LogP contribution in [0.25, 0.3) is 0 Å². The molecule has 2 atom stereocenters. The summed E-state index contributed by atoms with van der Waals surface area (Å²) in [5, 5.41) is 31.9. The molecule has 0 heterocycles. The first-order valence-corrected chi connectivity index (χ1v) is 8.58. The van der Waals surface area contributed by atoms with E-state index in [1.165, 1.54) is 0 Å². The third-order valence-electron chi connectivity index (χ3n) is 3.94. The van der Waals surface area contributed by atoms with E-state index in [0.717, 1.165) is 11.1 Å². The number of aromatic hydroxyl groups is 1. The van der Waals surface area contributed by atoms with Crippen molar-refractivity contribution in [2.75, 3.05) is 13.2 Å². The van der Waals surface area contributed by atoms with E-state index in [9.17, 15) is 15.0 Å². The number of hydrogen-bond acceptors (Lipinski definition) is 5. The van der Waals surface area contributed by atoms with Gasteiger partial charge in [-0.05, 0) is 55.3 Å². The smallest absolute Gasteiger partial charge is 0.341 e. The summed E-state index contributed by atoms with van der Waals surface area (Å²) in [5.41, 5.74) is 1.70. The highest BCUT2D eigenvalue weighted by Crippen LogP contribution is 2.25. The van der Waals surface area contributed by atoms with Crippen molar-refractivity contribution in [3.8, 4) is 11.5 Å². The summed E-state index contributed by atoms with van der Waals surface area (Å²) < 4.78 is 5.09. The van der Waals surface area contributed by atoms with Crippen LogP contribution in [0.3, 0.4) is 0 Å². The van der Waals surface area contributed by atoms with E-state index in [2.05, 4.69) is 5.32 Å². The van der Waals surface area contributed by atoms with Gasteiger partial charge in [-0.25, -0.2) is 4.79 Å². The van der Waals surface area contributed by atoms with Gasteiger partial charge in [-0.2, -0.15) is 0 Å². The summed E-state index contributed by atoms with van der Waals surface area (Å²) in [6, 6.07) is 11.5. The van der Waals surface area contributed by atoms with Crippen molar-refractivity contribution in [2.24, 2.45) is 0 Å². The topological polar surface area (TPSA) is 99.0 Å². The molecule has 2 aromatic rings. The van der Waals surface area contributed by atoms with E-state index in [4.69, 9.17) is 21.4 Å². The first kappa shape index (κ1) is 20.0. The van der Waals surface area contributed by atoms with Crippen molar-refractivity contribution in [3.63, 3.8) is 0 Å². The van der Waals surface area contributed by atoms with Crippen molar-refractivity contribution in [1.82, 2.24) is 5.32 Å². The molecule has 6 nitrogen and oxygen atoms in total. The van der Waals surface area contributed by atoms with Crippen molar-refractivity contribution in [1.29, 1.82) is 0 Å². The molecule has 2 aromatic carbocycles. The van der Waals surface area contributed by atoms with E-state index in [0.29, 0.717) is 23.7 Å². The second-order valence-electron chi connectivity index (χ2n) is 5.98. The first-order valence-electron chi connectivity index (χ1n) is 8.20. The van der Waals surface area contributed by atoms with Gasteiger partial charge < -0.3 is 25.4 Å². The van der Waals surface area contributed by atoms with Crippen molar-refractivity contribution in [2.45, 2.75) is 25.5 Å². The normalized spacial score (nSPS) is 13.2. The Morgan fingerprint density at radius 1 is 1.23 bits per heavy atom. The average molecular weight is 380 g/mol. The lowest BCUT2D eigenvalue weighted by Gasteiger charge is -2.21. The lowest BCUT2D eigenvalue weighted by atomic mass is 10.0. The molecule has 4 N–H and O–H groups in total. The molecule has 2 rings (SSSR count). The lowest BCUT2D eigenvalue weighted by Crippen LogP contribution is -2.33. The number of phenols is 1. The number of phenolic OH excluding ortho intramolecular Hbond substituents is 1. The zero-order valence-corrected chi connectivity index (χ0v) is 15.1. The number of carbonyl (C=O) groups is 1. The van der Waals surface area contributed by atoms with E-state index >= 15 is 0 Å². The molecule has 0 saturated heterocycles. The third-order valence-corrected chi connectivity index (χ3v) is 4.23. The summed E-state index contributed by atoms with van der Waals surface area (Å²) in [4.78, 5) is 10.5. The van der Waals surface area contributed by atoms with Gasteiger partial charge >= 0.3 is 5.97 Å². The highest BCUT2D eigenvalue weighted by Gasteiger charge is 2.15. The second kappa shape index (κ2) is 9.43. The third kappa shape index (κ3) is 5.91. The fourth-order valence-electron chi connectivity index (χ4n) is 2.47. The van der Waals surface area contributed by atoms with E-state index in [1.807, 2.05) is 13.0 Å². The molecule has 0 radical (unpaired) electrons. The Balaban J connectivity index is 1.83. The van der Waals surface area contributed by atoms with Crippen LogP contribution < -0.4 is 10.1 Å². The molecule has 0 amide bonds. The van der Waals surface area contributed by atoms with Crippen LogP contribution in [0, 0.1) is 0 Å². The Labute approximate surface area is 157 Å². The number of carboxylic acids is 1. The Hall–Kier alpha value is -2.28. The molecule has 0 aliphatic rings. The summed E-state index contributed by atoms with van der Waals surface area (Å²) >= 11 is 6.10. The Bertz CT molecular complexity index is 735. The SMILES string of the molecule is C[C@H](NCCc1ccc(OCC(=O)O)c(Cl)c1)[C@H](O)c1ccc(O)cc1. The van der Waals surface area contributed by atoms with Crippen molar-refractivity contribution < 1.29 is 24.9 Å². The van der Waals surface area contributed by atoms with Crippen LogP contribution in [0.5, 0.6) is 11.5 Å². The van der Waals surface area contributed by atoms with Gasteiger partial charge in [0.05, 0.1) is 11.1 Å². The van der Waals surface area contributed by atoms with Crippen LogP contribution in [0.1, 0.15) is 24.2 Å². The Kier molecular flexibility index (Phi) is 7.26. The van der Waals surface area contributed by atoms with E-state index < -0.39 is 18.7 Å². The minimum Gasteiger partial charge on any atom is -0.508 e. The molecule has 0 aliphatic heterocycles. The molecule has 0 fully saturated rings. The van der Waals surface area contributed by atoms with Gasteiger partial charge in [0.15, 0.2) is 6.61 Å². The quantitative estimate of drug-likeness (QED) is 0.534. The molecule has 140 valence electrons. The fraction of sp³-hybridized carbons (Fsp3) is 0.316. The summed E-state index contributed by atoms with van der Waals surface area (Å²) in [5.74, 6) is -0.563. The number of benzene rings is 2. The van der Waals surface area contributed by atoms with Gasteiger partial charge in [-0.1, -0.05) is 29.8 Å². The molecule has 0 spiro atoms. The molecule has 7 heteroatoms. The number of aliphatic hydroxyl groups excluding tert-OH is 1. The molecule has 0 unspecified atom stereocenters. The number of aliphatic hydroxyl groups is 1. The number of rotatable bonds is 9. The molecule has 0 bridgehead atoms. The zero-order valence-electron chi connectivity index (χ0n) is 14.4. The average Bonchev–Trinajstić information content (AvgIpc) is 2.60. The van der Waals surface area contributed by atoms with Gasteiger partial charge in [0.2, 0.25) is 0 Å². The largest absolute Gasteiger partial charge is 0.508 e. The maximum Gasteiger partial charge on any atom is 0.341 e. The van der Waals surface area contributed by atoms with Crippen molar-refractivity contribution >= 4 is 17.6 Å². The number of halogens is 1. The summed E-state index contributed by atoms with van der Waals surface area (Å²) in [6.45, 7) is 2.07. The molecular weight excluding hydrogens is 358 g/mol. The number of carboxylic acid groups (broad SMARTS) is 1. The van der Waals surface area contributed by atoms with Crippen LogP contribution in [-0.2, 0) is 11.2 Å². The highest BCUT2D eigenvalue weighted by atomic mass is 35.5. The lowest BCUT2D eigenvalue weighted by molar-refractivity contribution is -0.139. The van der Waals surface area contributed by atoms with Crippen LogP contribution in [0.15, 0.2) is 42.5 Å². The molecule has 0 aliphatic carbocycles. The molecule has 26 heavy (non-hydrogen) atoms.